The van der Waals surface area contributed by atoms with Crippen molar-refractivity contribution in [3.8, 4) is 0 Å². The third kappa shape index (κ3) is 2.67. The van der Waals surface area contributed by atoms with Crippen LogP contribution in [0.2, 0.25) is 0 Å². The van der Waals surface area contributed by atoms with Crippen LogP contribution < -0.4 is 5.32 Å². The Morgan fingerprint density at radius 3 is 2.78 bits per heavy atom. The van der Waals surface area contributed by atoms with Crippen LogP contribution in [0, 0.1) is 11.6 Å². The van der Waals surface area contributed by atoms with Crippen LogP contribution in [-0.2, 0) is 0 Å². The monoisotopic (exact) mass is 254 g/mol. The van der Waals surface area contributed by atoms with Gasteiger partial charge in [-0.25, -0.2) is 8.78 Å². The average molecular weight is 254 g/mol. The number of nitrogens with one attached hydrogen (secondary N) is 1. The van der Waals surface area contributed by atoms with Gasteiger partial charge in [0.2, 0.25) is 0 Å². The van der Waals surface area contributed by atoms with Crippen molar-refractivity contribution in [1.29, 1.82) is 0 Å². The van der Waals surface area contributed by atoms with Gasteiger partial charge in [-0.15, -0.1) is 0 Å². The zero-order valence-electron chi connectivity index (χ0n) is 10.2. The second kappa shape index (κ2) is 5.44. The van der Waals surface area contributed by atoms with E-state index >= 15 is 0 Å². The quantitative estimate of drug-likeness (QED) is 0.872. The van der Waals surface area contributed by atoms with E-state index < -0.39 is 11.6 Å². The summed E-state index contributed by atoms with van der Waals surface area (Å²) in [5.74, 6) is -2.20. The van der Waals surface area contributed by atoms with Gasteiger partial charge in [0.1, 0.15) is 0 Å². The fraction of sp³-hybridized carbons (Fsp3) is 0.462. The van der Waals surface area contributed by atoms with Crippen LogP contribution in [-0.4, -0.2) is 37.0 Å². The summed E-state index contributed by atoms with van der Waals surface area (Å²) in [5, 5.41) is 3.21. The Kier molecular flexibility index (Phi) is 3.91. The lowest BCUT2D eigenvalue weighted by atomic mass is 10.1. The molecule has 3 nitrogen and oxygen atoms in total. The van der Waals surface area contributed by atoms with Crippen LogP contribution in [0.25, 0.3) is 0 Å². The van der Waals surface area contributed by atoms with E-state index in [2.05, 4.69) is 5.32 Å². The van der Waals surface area contributed by atoms with Gasteiger partial charge in [-0.2, -0.15) is 0 Å². The van der Waals surface area contributed by atoms with Gasteiger partial charge in [0.25, 0.3) is 5.91 Å². The summed E-state index contributed by atoms with van der Waals surface area (Å²) in [6.45, 7) is 1.70. The molecule has 2 rings (SSSR count). The number of piperidine rings is 1. The molecule has 1 atom stereocenters. The first-order valence-electron chi connectivity index (χ1n) is 6.02. The molecule has 0 radical (unpaired) electrons. The molecule has 1 fully saturated rings. The minimum absolute atomic E-state index is 0.111. The van der Waals surface area contributed by atoms with Gasteiger partial charge >= 0.3 is 0 Å². The Labute approximate surface area is 105 Å². The molecule has 5 heteroatoms. The molecule has 18 heavy (non-hydrogen) atoms. The van der Waals surface area contributed by atoms with Crippen molar-refractivity contribution in [3.05, 3.63) is 35.4 Å². The summed E-state index contributed by atoms with van der Waals surface area (Å²) in [5.41, 5.74) is 0.182. The zero-order chi connectivity index (χ0) is 13.1. The first-order valence-corrected chi connectivity index (χ1v) is 6.02. The van der Waals surface area contributed by atoms with Crippen LogP contribution in [0.4, 0.5) is 8.78 Å². The molecule has 1 N–H and O–H groups in total. The third-order valence-electron chi connectivity index (χ3n) is 3.31. The highest BCUT2D eigenvalue weighted by Gasteiger charge is 2.23. The van der Waals surface area contributed by atoms with Crippen molar-refractivity contribution in [2.24, 2.45) is 0 Å². The van der Waals surface area contributed by atoms with E-state index in [0.29, 0.717) is 0 Å². The number of halogens is 2. The van der Waals surface area contributed by atoms with Crippen LogP contribution in [0.1, 0.15) is 23.2 Å². The lowest BCUT2D eigenvalue weighted by molar-refractivity contribution is 0.0707. The predicted molar refractivity (Wildman–Crippen MR) is 64.3 cm³/mol. The maximum absolute atomic E-state index is 13.1. The van der Waals surface area contributed by atoms with E-state index in [1.54, 1.807) is 11.9 Å². The minimum Gasteiger partial charge on any atom is -0.337 e. The fourth-order valence-corrected chi connectivity index (χ4v) is 2.16. The first kappa shape index (κ1) is 13.0. The van der Waals surface area contributed by atoms with Crippen LogP contribution >= 0.6 is 0 Å². The van der Waals surface area contributed by atoms with Gasteiger partial charge in [0.05, 0.1) is 0 Å². The number of amides is 1. The number of nitrogens with zero attached hydrogens (tertiary/aromatic N) is 1. The van der Waals surface area contributed by atoms with Crippen LogP contribution in [0.3, 0.4) is 0 Å². The van der Waals surface area contributed by atoms with E-state index in [1.165, 1.54) is 6.07 Å². The smallest absolute Gasteiger partial charge is 0.253 e. The van der Waals surface area contributed by atoms with E-state index in [0.717, 1.165) is 38.1 Å². The summed E-state index contributed by atoms with van der Waals surface area (Å²) in [6.07, 6.45) is 1.94. The van der Waals surface area contributed by atoms with Gasteiger partial charge in [-0.1, -0.05) is 0 Å². The van der Waals surface area contributed by atoms with Crippen LogP contribution in [0.15, 0.2) is 18.2 Å². The number of likely N-dealkylation sites (N-methyl/N-ethyl adjacent to an activating group) is 1. The number of benzene rings is 1. The molecule has 1 heterocycles. The summed E-state index contributed by atoms with van der Waals surface area (Å²) >= 11 is 0. The molecule has 0 aliphatic carbocycles. The largest absolute Gasteiger partial charge is 0.337 e. The van der Waals surface area contributed by atoms with Crippen LogP contribution in [0.5, 0.6) is 0 Å². The molecule has 0 aromatic heterocycles. The van der Waals surface area contributed by atoms with Crippen molar-refractivity contribution in [1.82, 2.24) is 10.2 Å². The SMILES string of the molecule is CN(C(=O)c1ccc(F)c(F)c1)[C@H]1CCCNC1. The summed E-state index contributed by atoms with van der Waals surface area (Å²) in [7, 11) is 1.70. The average Bonchev–Trinajstić information content (AvgIpc) is 2.41. The number of hydrogen-bond acceptors (Lipinski definition) is 2. The summed E-state index contributed by atoms with van der Waals surface area (Å²) in [6, 6.07) is 3.35. The Morgan fingerprint density at radius 2 is 2.17 bits per heavy atom. The lowest BCUT2D eigenvalue weighted by Crippen LogP contribution is -2.46. The number of carbonyl (C=O) groups is 1. The second-order valence-electron chi connectivity index (χ2n) is 4.55. The van der Waals surface area contributed by atoms with Crippen molar-refractivity contribution in [3.63, 3.8) is 0 Å². The van der Waals surface area contributed by atoms with Gasteiger partial charge in [-0.3, -0.25) is 4.79 Å². The predicted octanol–water partition coefficient (Wildman–Crippen LogP) is 1.79. The van der Waals surface area contributed by atoms with Gasteiger partial charge in [-0.05, 0) is 37.6 Å². The summed E-state index contributed by atoms with van der Waals surface area (Å²) < 4.78 is 25.9. The van der Waals surface area contributed by atoms with Crippen molar-refractivity contribution in [2.75, 3.05) is 20.1 Å². The molecule has 0 bridgehead atoms. The molecule has 0 unspecified atom stereocenters. The normalized spacial score (nSPS) is 19.6. The Morgan fingerprint density at radius 1 is 1.39 bits per heavy atom. The van der Waals surface area contributed by atoms with Gasteiger partial charge < -0.3 is 10.2 Å². The first-order chi connectivity index (χ1) is 8.59. The van der Waals surface area contributed by atoms with E-state index in [9.17, 15) is 13.6 Å². The molecule has 98 valence electrons. The molecule has 1 saturated heterocycles. The Bertz CT molecular complexity index is 445. The molecular weight excluding hydrogens is 238 g/mol. The van der Waals surface area contributed by atoms with Gasteiger partial charge in [0, 0.05) is 25.2 Å². The second-order valence-corrected chi connectivity index (χ2v) is 4.55. The maximum Gasteiger partial charge on any atom is 0.253 e. The molecule has 0 spiro atoms. The third-order valence-corrected chi connectivity index (χ3v) is 3.31. The zero-order valence-corrected chi connectivity index (χ0v) is 10.2. The topological polar surface area (TPSA) is 32.3 Å². The molecule has 1 amide bonds. The highest BCUT2D eigenvalue weighted by Crippen LogP contribution is 2.14. The Balaban J connectivity index is 2.11. The van der Waals surface area contributed by atoms with Crippen molar-refractivity contribution >= 4 is 5.91 Å². The molecule has 1 aromatic carbocycles. The van der Waals surface area contributed by atoms with E-state index in [1.807, 2.05) is 0 Å². The van der Waals surface area contributed by atoms with Crippen molar-refractivity contribution < 1.29 is 13.6 Å². The van der Waals surface area contributed by atoms with Crippen molar-refractivity contribution in [2.45, 2.75) is 18.9 Å². The standard InChI is InChI=1S/C13H16F2N2O/c1-17(10-3-2-6-16-8-10)13(18)9-4-5-11(14)12(15)7-9/h4-5,7,10,16H,2-3,6,8H2,1H3/t10-/m0/s1. The lowest BCUT2D eigenvalue weighted by Gasteiger charge is -2.31. The molecule has 1 aliphatic heterocycles. The number of carbonyl (C=O) groups excluding carboxylic acids is 1. The fourth-order valence-electron chi connectivity index (χ4n) is 2.16. The Hall–Kier alpha value is -1.49. The van der Waals surface area contributed by atoms with Gasteiger partial charge in [0.15, 0.2) is 11.6 Å². The molecule has 0 saturated carbocycles. The summed E-state index contributed by atoms with van der Waals surface area (Å²) in [4.78, 5) is 13.7. The molecule has 1 aromatic rings. The minimum atomic E-state index is -0.990. The maximum atomic E-state index is 13.1. The molecule has 1 aliphatic rings. The highest BCUT2D eigenvalue weighted by atomic mass is 19.2. The number of hydrogen-bond donors (Lipinski definition) is 1. The highest BCUT2D eigenvalue weighted by molar-refractivity contribution is 5.94. The molecular formula is C13H16F2N2O. The number of rotatable bonds is 2. The van der Waals surface area contributed by atoms with E-state index in [-0.39, 0.29) is 17.5 Å². The van der Waals surface area contributed by atoms with E-state index in [4.69, 9.17) is 0 Å².